The molecule has 2 atom stereocenters. The van der Waals surface area contributed by atoms with Gasteiger partial charge in [-0.25, -0.2) is 0 Å². The number of nitrogens with one attached hydrogen (secondary N) is 1. The second kappa shape index (κ2) is 5.62. The quantitative estimate of drug-likeness (QED) is 0.641. The Balaban J connectivity index is 1.50. The molecule has 0 amide bonds. The van der Waals surface area contributed by atoms with Crippen molar-refractivity contribution in [1.82, 2.24) is 0 Å². The van der Waals surface area contributed by atoms with Crippen molar-refractivity contribution in [2.75, 3.05) is 18.9 Å². The van der Waals surface area contributed by atoms with Gasteiger partial charge in [-0.2, -0.15) is 0 Å². The molecule has 4 heterocycles. The molecule has 4 aliphatic rings. The maximum Gasteiger partial charge on any atom is 0.201 e. The first-order chi connectivity index (χ1) is 13.2. The van der Waals surface area contributed by atoms with Crippen molar-refractivity contribution < 1.29 is 8.90 Å². The minimum absolute atomic E-state index is 0.377. The first kappa shape index (κ1) is 15.8. The fourth-order valence-corrected chi connectivity index (χ4v) is 5.69. The molecule has 27 heavy (non-hydrogen) atoms. The van der Waals surface area contributed by atoms with Crippen LogP contribution in [0, 0.1) is 5.92 Å². The van der Waals surface area contributed by atoms with Gasteiger partial charge in [0.1, 0.15) is 18.2 Å². The van der Waals surface area contributed by atoms with Gasteiger partial charge in [-0.15, -0.1) is 0 Å². The van der Waals surface area contributed by atoms with Crippen LogP contribution in [-0.2, 0) is 6.54 Å². The van der Waals surface area contributed by atoms with E-state index in [2.05, 4.69) is 55.0 Å². The molecule has 0 radical (unpaired) electrons. The third-order valence-corrected chi connectivity index (χ3v) is 7.17. The maximum absolute atomic E-state index is 6.38. The predicted molar refractivity (Wildman–Crippen MR) is 110 cm³/mol. The Morgan fingerprint density at radius 1 is 1.11 bits per heavy atom. The van der Waals surface area contributed by atoms with Crippen molar-refractivity contribution in [3.8, 4) is 0 Å². The van der Waals surface area contributed by atoms with E-state index >= 15 is 0 Å². The summed E-state index contributed by atoms with van der Waals surface area (Å²) in [5.41, 5.74) is 6.73. The van der Waals surface area contributed by atoms with E-state index in [1.54, 1.807) is 5.57 Å². The van der Waals surface area contributed by atoms with Crippen LogP contribution in [0.25, 0.3) is 17.0 Å². The lowest BCUT2D eigenvalue weighted by molar-refractivity contribution is -0.891. The summed E-state index contributed by atoms with van der Waals surface area (Å²) in [6, 6.07) is 4.97. The van der Waals surface area contributed by atoms with Crippen LogP contribution in [0.1, 0.15) is 54.8 Å². The maximum atomic E-state index is 6.38. The van der Waals surface area contributed by atoms with Crippen LogP contribution in [0.5, 0.6) is 0 Å². The average molecular weight is 359 g/mol. The van der Waals surface area contributed by atoms with Crippen molar-refractivity contribution in [3.63, 3.8) is 0 Å². The van der Waals surface area contributed by atoms with Crippen molar-refractivity contribution in [3.05, 3.63) is 58.8 Å². The summed E-state index contributed by atoms with van der Waals surface area (Å²) in [5.74, 6) is 1.69. The first-order valence-electron chi connectivity index (χ1n) is 10.5. The van der Waals surface area contributed by atoms with E-state index in [-0.39, 0.29) is 0 Å². The zero-order chi connectivity index (χ0) is 18.0. The Labute approximate surface area is 160 Å². The monoisotopic (exact) mass is 359 g/mol. The van der Waals surface area contributed by atoms with E-state index in [0.29, 0.717) is 6.04 Å². The van der Waals surface area contributed by atoms with Gasteiger partial charge in [0, 0.05) is 23.1 Å². The van der Waals surface area contributed by atoms with Gasteiger partial charge < -0.3 is 9.73 Å². The lowest BCUT2D eigenvalue weighted by Gasteiger charge is -2.35. The van der Waals surface area contributed by atoms with Crippen LogP contribution in [0.3, 0.4) is 0 Å². The number of fused-ring (bicyclic) bond motifs is 7. The van der Waals surface area contributed by atoms with Gasteiger partial charge in [0.05, 0.1) is 18.8 Å². The second-order valence-corrected chi connectivity index (χ2v) is 8.91. The molecule has 1 aromatic heterocycles. The van der Waals surface area contributed by atoms with Crippen LogP contribution in [0.2, 0.25) is 0 Å². The summed E-state index contributed by atoms with van der Waals surface area (Å²) in [7, 11) is 2.36. The molecule has 1 N–H and O–H groups in total. The van der Waals surface area contributed by atoms with Gasteiger partial charge in [0.15, 0.2) is 0 Å². The molecule has 0 spiro atoms. The minimum atomic E-state index is 0.377. The van der Waals surface area contributed by atoms with Crippen LogP contribution >= 0.6 is 0 Å². The van der Waals surface area contributed by atoms with Crippen molar-refractivity contribution in [1.29, 1.82) is 0 Å². The molecule has 3 heteroatoms. The molecule has 2 aromatic rings. The summed E-state index contributed by atoms with van der Waals surface area (Å²) in [5, 5.41) is 4.65. The number of quaternary nitrogens is 1. The van der Waals surface area contributed by atoms with Crippen molar-refractivity contribution in [2.45, 2.75) is 44.7 Å². The molecule has 2 unspecified atom stereocenters. The van der Waals surface area contributed by atoms with Gasteiger partial charge in [-0.05, 0) is 42.6 Å². The summed E-state index contributed by atoms with van der Waals surface area (Å²) < 4.78 is 7.33. The highest BCUT2D eigenvalue weighted by atomic mass is 16.4. The number of hydrogen-bond donors (Lipinski definition) is 1. The Hall–Kier alpha value is -2.26. The fraction of sp³-hybridized carbons (Fsp3) is 0.417. The number of nitrogens with zero attached hydrogens (tertiary/aromatic N) is 1. The molecule has 1 saturated carbocycles. The third-order valence-electron chi connectivity index (χ3n) is 7.17. The number of likely N-dealkylation sites (N-methyl/N-ethyl adjacent to an activating group) is 1. The topological polar surface area (TPSA) is 25.2 Å². The van der Waals surface area contributed by atoms with Crippen LogP contribution < -0.4 is 5.32 Å². The highest BCUT2D eigenvalue weighted by Crippen LogP contribution is 2.50. The number of anilines is 1. The van der Waals surface area contributed by atoms with E-state index < -0.39 is 0 Å². The van der Waals surface area contributed by atoms with Gasteiger partial charge >= 0.3 is 0 Å². The number of allylic oxidation sites excluding steroid dienone is 2. The van der Waals surface area contributed by atoms with E-state index in [1.807, 2.05) is 0 Å². The zero-order valence-electron chi connectivity index (χ0n) is 16.0. The summed E-state index contributed by atoms with van der Waals surface area (Å²) in [4.78, 5) is 0. The fourth-order valence-electron chi connectivity index (χ4n) is 5.69. The third kappa shape index (κ3) is 2.24. The Kier molecular flexibility index (Phi) is 3.28. The number of benzene rings is 1. The van der Waals surface area contributed by atoms with E-state index in [0.717, 1.165) is 35.0 Å². The van der Waals surface area contributed by atoms with E-state index in [9.17, 15) is 0 Å². The highest BCUT2D eigenvalue weighted by Gasteiger charge is 2.44. The molecular formula is C24H27N2O+. The molecule has 3 nitrogen and oxygen atoms in total. The predicted octanol–water partition coefficient (Wildman–Crippen LogP) is 5.91. The number of furan rings is 1. The summed E-state index contributed by atoms with van der Waals surface area (Å²) in [6.07, 6.45) is 18.7. The number of hydrogen-bond acceptors (Lipinski definition) is 2. The molecule has 3 aliphatic heterocycles. The second-order valence-electron chi connectivity index (χ2n) is 8.91. The minimum Gasteiger partial charge on any atom is -0.440 e. The van der Waals surface area contributed by atoms with Gasteiger partial charge in [-0.1, -0.05) is 37.5 Å². The molecular weight excluding hydrogens is 332 g/mol. The van der Waals surface area contributed by atoms with Gasteiger partial charge in [-0.3, -0.25) is 4.48 Å². The Morgan fingerprint density at radius 3 is 2.89 bits per heavy atom. The summed E-state index contributed by atoms with van der Waals surface area (Å²) >= 11 is 0. The molecule has 6 rings (SSSR count). The van der Waals surface area contributed by atoms with Gasteiger partial charge in [0.25, 0.3) is 0 Å². The van der Waals surface area contributed by atoms with Gasteiger partial charge in [0.2, 0.25) is 5.88 Å². The standard InChI is InChI=1S/C24H27N2O/c1-26-13-11-17(16-6-3-2-4-7-16)14-21(26)22-18(15-26)9-10-19-20-8-5-12-25-24(20)27-23(19)22/h5,8-11,13-14,16,21,25H,2-4,6-7,12,15H2,1H3/q+1. The highest BCUT2D eigenvalue weighted by molar-refractivity contribution is 5.96. The molecule has 138 valence electrons. The normalized spacial score (nSPS) is 29.2. The number of rotatable bonds is 1. The molecule has 0 bridgehead atoms. The van der Waals surface area contributed by atoms with Crippen LogP contribution in [0.4, 0.5) is 5.88 Å². The Bertz CT molecular complexity index is 1020. The van der Waals surface area contributed by atoms with Crippen molar-refractivity contribution in [2.24, 2.45) is 5.92 Å². The van der Waals surface area contributed by atoms with Crippen LogP contribution in [-0.4, -0.2) is 18.1 Å². The molecule has 1 fully saturated rings. The van der Waals surface area contributed by atoms with E-state index in [4.69, 9.17) is 4.42 Å². The van der Waals surface area contributed by atoms with Crippen molar-refractivity contribution >= 4 is 22.9 Å². The molecule has 1 aromatic carbocycles. The lowest BCUT2D eigenvalue weighted by Crippen LogP contribution is -2.37. The van der Waals surface area contributed by atoms with E-state index in [1.165, 1.54) is 54.2 Å². The van der Waals surface area contributed by atoms with Crippen LogP contribution in [0.15, 0.2) is 46.6 Å². The summed E-state index contributed by atoms with van der Waals surface area (Å²) in [6.45, 7) is 1.90. The SMILES string of the molecule is C[N+]12C=CC(C3CCCCC3)=CC1c1c(ccc3c4c(oc13)NCC=C4)C2. The average Bonchev–Trinajstić information content (AvgIpc) is 3.22. The lowest BCUT2D eigenvalue weighted by atomic mass is 9.81. The zero-order valence-corrected chi connectivity index (χ0v) is 16.0. The first-order valence-corrected chi connectivity index (χ1v) is 10.5. The Morgan fingerprint density at radius 2 is 2.00 bits per heavy atom. The smallest absolute Gasteiger partial charge is 0.201 e. The molecule has 0 saturated heterocycles. The largest absolute Gasteiger partial charge is 0.440 e. The molecule has 1 aliphatic carbocycles.